The third-order valence-corrected chi connectivity index (χ3v) is 4.27. The van der Waals surface area contributed by atoms with Crippen molar-refractivity contribution in [3.63, 3.8) is 0 Å². The average molecular weight is 264 g/mol. The maximum atomic E-state index is 6.02. The summed E-state index contributed by atoms with van der Waals surface area (Å²) in [5, 5.41) is 4.50. The maximum Gasteiger partial charge on any atom is 0.138 e. The van der Waals surface area contributed by atoms with Crippen molar-refractivity contribution in [1.29, 1.82) is 0 Å². The molecule has 0 amide bonds. The number of rotatable bonds is 5. The number of aromatic nitrogens is 2. The normalized spacial score (nSPS) is 12.9. The number of aryl methyl sites for hydroxylation is 2. The Bertz CT molecular complexity index is 535. The van der Waals surface area contributed by atoms with E-state index in [4.69, 9.17) is 5.73 Å². The van der Waals surface area contributed by atoms with Crippen LogP contribution in [0.1, 0.15) is 30.2 Å². The van der Waals surface area contributed by atoms with Gasteiger partial charge < -0.3 is 11.1 Å². The first kappa shape index (κ1) is 13.2. The van der Waals surface area contributed by atoms with Crippen LogP contribution in [0, 0.1) is 13.8 Å². The third-order valence-electron chi connectivity index (χ3n) is 3.16. The second kappa shape index (κ2) is 5.63. The number of hydrogen-bond donors (Lipinski definition) is 2. The van der Waals surface area contributed by atoms with Crippen LogP contribution in [0.25, 0.3) is 10.2 Å². The summed E-state index contributed by atoms with van der Waals surface area (Å²) in [7, 11) is 0. The summed E-state index contributed by atoms with van der Waals surface area (Å²) < 4.78 is 0. The molecule has 0 aliphatic rings. The Hall–Kier alpha value is -1.20. The Morgan fingerprint density at radius 2 is 2.17 bits per heavy atom. The smallest absolute Gasteiger partial charge is 0.138 e. The van der Waals surface area contributed by atoms with Crippen LogP contribution in [0.15, 0.2) is 6.33 Å². The molecule has 0 bridgehead atoms. The van der Waals surface area contributed by atoms with E-state index in [-0.39, 0.29) is 6.04 Å². The molecule has 0 aliphatic heterocycles. The van der Waals surface area contributed by atoms with E-state index >= 15 is 0 Å². The molecule has 0 aliphatic carbocycles. The van der Waals surface area contributed by atoms with Gasteiger partial charge in [-0.25, -0.2) is 9.97 Å². The number of nitrogens with one attached hydrogen (secondary N) is 1. The minimum atomic E-state index is 0.181. The highest BCUT2D eigenvalue weighted by Crippen LogP contribution is 2.32. The van der Waals surface area contributed by atoms with Crippen LogP contribution in [-0.4, -0.2) is 22.6 Å². The molecule has 0 aromatic carbocycles. The minimum absolute atomic E-state index is 0.181. The number of anilines is 1. The Morgan fingerprint density at radius 3 is 2.89 bits per heavy atom. The van der Waals surface area contributed by atoms with Crippen LogP contribution < -0.4 is 11.1 Å². The van der Waals surface area contributed by atoms with Crippen LogP contribution >= 0.6 is 11.3 Å². The molecule has 18 heavy (non-hydrogen) atoms. The average Bonchev–Trinajstić information content (AvgIpc) is 2.64. The molecular formula is C13H20N4S. The van der Waals surface area contributed by atoms with Crippen LogP contribution in [0.5, 0.6) is 0 Å². The van der Waals surface area contributed by atoms with E-state index < -0.39 is 0 Å². The maximum absolute atomic E-state index is 6.02. The van der Waals surface area contributed by atoms with Crippen LogP contribution in [0.4, 0.5) is 5.82 Å². The first-order valence-electron chi connectivity index (χ1n) is 6.33. The topological polar surface area (TPSA) is 63.8 Å². The van der Waals surface area contributed by atoms with Gasteiger partial charge in [0, 0.05) is 17.5 Å². The van der Waals surface area contributed by atoms with Crippen LogP contribution in [0.3, 0.4) is 0 Å². The molecule has 0 spiro atoms. The highest BCUT2D eigenvalue weighted by Gasteiger charge is 2.12. The molecule has 2 aromatic rings. The van der Waals surface area contributed by atoms with Gasteiger partial charge in [0.15, 0.2) is 0 Å². The summed E-state index contributed by atoms with van der Waals surface area (Å²) in [5.74, 6) is 0.911. The Morgan fingerprint density at radius 1 is 1.39 bits per heavy atom. The molecule has 0 radical (unpaired) electrons. The zero-order chi connectivity index (χ0) is 13.1. The van der Waals surface area contributed by atoms with E-state index in [1.807, 2.05) is 0 Å². The van der Waals surface area contributed by atoms with Crippen LogP contribution in [-0.2, 0) is 0 Å². The Balaban J connectivity index is 2.23. The van der Waals surface area contributed by atoms with Gasteiger partial charge in [-0.15, -0.1) is 11.3 Å². The van der Waals surface area contributed by atoms with Crippen molar-refractivity contribution >= 4 is 27.4 Å². The summed E-state index contributed by atoms with van der Waals surface area (Å²) in [4.78, 5) is 11.0. The molecule has 0 saturated carbocycles. The fourth-order valence-electron chi connectivity index (χ4n) is 2.02. The van der Waals surface area contributed by atoms with Gasteiger partial charge in [0.2, 0.25) is 0 Å². The number of fused-ring (bicyclic) bond motifs is 1. The van der Waals surface area contributed by atoms with Gasteiger partial charge in [-0.2, -0.15) is 0 Å². The third kappa shape index (κ3) is 2.62. The monoisotopic (exact) mass is 264 g/mol. The van der Waals surface area contributed by atoms with Gasteiger partial charge in [0.1, 0.15) is 17.0 Å². The van der Waals surface area contributed by atoms with Gasteiger partial charge >= 0.3 is 0 Å². The quantitative estimate of drug-likeness (QED) is 0.871. The second-order valence-corrected chi connectivity index (χ2v) is 5.82. The van der Waals surface area contributed by atoms with Gasteiger partial charge in [-0.1, -0.05) is 13.3 Å². The summed E-state index contributed by atoms with van der Waals surface area (Å²) in [6.07, 6.45) is 3.76. The first-order chi connectivity index (χ1) is 8.63. The predicted octanol–water partition coefficient (Wildman–Crippen LogP) is 2.85. The molecule has 2 heterocycles. The number of hydrogen-bond acceptors (Lipinski definition) is 5. The fraction of sp³-hybridized carbons (Fsp3) is 0.538. The summed E-state index contributed by atoms with van der Waals surface area (Å²) in [5.41, 5.74) is 7.28. The molecule has 1 atom stereocenters. The van der Waals surface area contributed by atoms with Crippen molar-refractivity contribution in [3.05, 3.63) is 16.8 Å². The fourth-order valence-corrected chi connectivity index (χ4v) is 3.01. The SMILES string of the molecule is CCCC(N)CNc1ncnc2sc(C)c(C)c12. The van der Waals surface area contributed by atoms with Gasteiger partial charge in [0.05, 0.1) is 5.39 Å². The predicted molar refractivity (Wildman–Crippen MR) is 78.3 cm³/mol. The van der Waals surface area contributed by atoms with Gasteiger partial charge in [0.25, 0.3) is 0 Å². The lowest BCUT2D eigenvalue weighted by Crippen LogP contribution is -2.29. The number of nitrogens with zero attached hydrogens (tertiary/aromatic N) is 2. The molecule has 2 aromatic heterocycles. The largest absolute Gasteiger partial charge is 0.368 e. The van der Waals surface area contributed by atoms with Crippen LogP contribution in [0.2, 0.25) is 0 Å². The summed E-state index contributed by atoms with van der Waals surface area (Å²) >= 11 is 1.72. The molecule has 1 unspecified atom stereocenters. The van der Waals surface area contributed by atoms with Gasteiger partial charge in [-0.05, 0) is 25.8 Å². The molecule has 4 nitrogen and oxygen atoms in total. The lowest BCUT2D eigenvalue weighted by Gasteiger charge is -2.12. The van der Waals surface area contributed by atoms with Crippen molar-refractivity contribution in [1.82, 2.24) is 9.97 Å². The van der Waals surface area contributed by atoms with E-state index in [2.05, 4.69) is 36.1 Å². The molecule has 3 N–H and O–H groups in total. The second-order valence-electron chi connectivity index (χ2n) is 4.62. The van der Waals surface area contributed by atoms with Crippen molar-refractivity contribution in [2.24, 2.45) is 5.73 Å². The van der Waals surface area contributed by atoms with Crippen molar-refractivity contribution in [3.8, 4) is 0 Å². The summed E-state index contributed by atoms with van der Waals surface area (Å²) in [6.45, 7) is 7.15. The first-order valence-corrected chi connectivity index (χ1v) is 7.15. The molecule has 0 fully saturated rings. The minimum Gasteiger partial charge on any atom is -0.368 e. The molecular weight excluding hydrogens is 244 g/mol. The van der Waals surface area contributed by atoms with E-state index in [0.29, 0.717) is 0 Å². The van der Waals surface area contributed by atoms with E-state index in [0.717, 1.165) is 35.4 Å². The highest BCUT2D eigenvalue weighted by molar-refractivity contribution is 7.18. The molecule has 98 valence electrons. The highest BCUT2D eigenvalue weighted by atomic mass is 32.1. The standard InChI is InChI=1S/C13H20N4S/c1-4-5-10(14)6-15-12-11-8(2)9(3)18-13(11)17-7-16-12/h7,10H,4-6,14H2,1-3H3,(H,15,16,17). The Labute approximate surface area is 112 Å². The summed E-state index contributed by atoms with van der Waals surface area (Å²) in [6, 6.07) is 0.181. The van der Waals surface area contributed by atoms with Crippen molar-refractivity contribution < 1.29 is 0 Å². The van der Waals surface area contributed by atoms with Gasteiger partial charge in [-0.3, -0.25) is 0 Å². The molecule has 0 saturated heterocycles. The zero-order valence-electron chi connectivity index (χ0n) is 11.2. The lowest BCUT2D eigenvalue weighted by atomic mass is 10.1. The zero-order valence-corrected chi connectivity index (χ0v) is 12.0. The molecule has 5 heteroatoms. The number of nitrogens with two attached hydrogens (primary N) is 1. The molecule has 2 rings (SSSR count). The van der Waals surface area contributed by atoms with E-state index in [9.17, 15) is 0 Å². The van der Waals surface area contributed by atoms with E-state index in [1.54, 1.807) is 17.7 Å². The number of thiophene rings is 1. The Kier molecular flexibility index (Phi) is 4.14. The van der Waals surface area contributed by atoms with Crippen molar-refractivity contribution in [2.75, 3.05) is 11.9 Å². The van der Waals surface area contributed by atoms with E-state index in [1.165, 1.54) is 10.4 Å². The lowest BCUT2D eigenvalue weighted by molar-refractivity contribution is 0.626. The van der Waals surface area contributed by atoms with Crippen molar-refractivity contribution in [2.45, 2.75) is 39.7 Å².